The molecule has 0 aliphatic carbocycles. The van der Waals surface area contributed by atoms with Gasteiger partial charge >= 0.3 is 0 Å². The van der Waals surface area contributed by atoms with E-state index in [2.05, 4.69) is 52.9 Å². The number of benzene rings is 2. The number of nitrogens with one attached hydrogen (secondary N) is 2. The topological polar surface area (TPSA) is 54.9 Å². The maximum atomic E-state index is 5.38. The first kappa shape index (κ1) is 23.1. The van der Waals surface area contributed by atoms with Crippen LogP contribution in [0.5, 0.6) is 11.5 Å². The number of hydrogen-bond acceptors (Lipinski definition) is 3. The highest BCUT2D eigenvalue weighted by atomic mass is 127. The number of rotatable bonds is 8. The Morgan fingerprint density at radius 3 is 2.19 bits per heavy atom. The zero-order valence-corrected chi connectivity index (χ0v) is 18.9. The summed E-state index contributed by atoms with van der Waals surface area (Å²) in [5.74, 6) is 2.63. The number of guanidine groups is 1. The molecular formula is C21H30IN3O2. The largest absolute Gasteiger partial charge is 0.497 e. The summed E-state index contributed by atoms with van der Waals surface area (Å²) in [5, 5.41) is 6.70. The van der Waals surface area contributed by atoms with Crippen LogP contribution in [0, 0.1) is 6.92 Å². The van der Waals surface area contributed by atoms with Gasteiger partial charge in [0.15, 0.2) is 5.96 Å². The molecule has 2 aromatic carbocycles. The fourth-order valence-corrected chi connectivity index (χ4v) is 2.72. The monoisotopic (exact) mass is 483 g/mol. The molecule has 0 amide bonds. The van der Waals surface area contributed by atoms with E-state index in [-0.39, 0.29) is 24.0 Å². The Labute approximate surface area is 179 Å². The average Bonchev–Trinajstić information content (AvgIpc) is 2.68. The minimum atomic E-state index is 0. The lowest BCUT2D eigenvalue weighted by Crippen LogP contribution is -2.39. The Hall–Kier alpha value is -1.96. The molecule has 0 atom stereocenters. The van der Waals surface area contributed by atoms with Crippen LogP contribution in [0.2, 0.25) is 0 Å². The minimum Gasteiger partial charge on any atom is -0.497 e. The standard InChI is InChI=1S/C21H29N3O2.HI/c1-16-8-9-18(15-20(16)26-4)11-13-24-21(22-2)23-12-10-17-6-5-7-19(14-17)25-3;/h5-9,14-15H,10-13H2,1-4H3,(H2,22,23,24);1H. The highest BCUT2D eigenvalue weighted by Crippen LogP contribution is 2.19. The molecule has 27 heavy (non-hydrogen) atoms. The van der Waals surface area contributed by atoms with Crippen molar-refractivity contribution < 1.29 is 9.47 Å². The van der Waals surface area contributed by atoms with Crippen LogP contribution < -0.4 is 20.1 Å². The molecule has 0 heterocycles. The van der Waals surface area contributed by atoms with Gasteiger partial charge in [0, 0.05) is 20.1 Å². The van der Waals surface area contributed by atoms with E-state index in [0.717, 1.165) is 49.0 Å². The van der Waals surface area contributed by atoms with Gasteiger partial charge in [-0.25, -0.2) is 0 Å². The lowest BCUT2D eigenvalue weighted by molar-refractivity contribution is 0.411. The second-order valence-electron chi connectivity index (χ2n) is 6.08. The van der Waals surface area contributed by atoms with E-state index in [0.29, 0.717) is 0 Å². The second-order valence-corrected chi connectivity index (χ2v) is 6.08. The molecule has 5 nitrogen and oxygen atoms in total. The smallest absolute Gasteiger partial charge is 0.190 e. The van der Waals surface area contributed by atoms with Crippen molar-refractivity contribution in [2.24, 2.45) is 4.99 Å². The molecule has 0 aromatic heterocycles. The lowest BCUT2D eigenvalue weighted by Gasteiger charge is -2.13. The molecule has 0 saturated heterocycles. The molecule has 2 rings (SSSR count). The summed E-state index contributed by atoms with van der Waals surface area (Å²) in [5.41, 5.74) is 3.63. The van der Waals surface area contributed by atoms with Crippen LogP contribution in [0.4, 0.5) is 0 Å². The third kappa shape index (κ3) is 7.66. The zero-order valence-electron chi connectivity index (χ0n) is 16.5. The van der Waals surface area contributed by atoms with Gasteiger partial charge in [0.05, 0.1) is 14.2 Å². The molecule has 0 radical (unpaired) electrons. The maximum Gasteiger partial charge on any atom is 0.190 e. The van der Waals surface area contributed by atoms with Gasteiger partial charge in [0.2, 0.25) is 0 Å². The molecule has 0 spiro atoms. The second kappa shape index (κ2) is 12.4. The van der Waals surface area contributed by atoms with Gasteiger partial charge in [-0.1, -0.05) is 24.3 Å². The molecule has 0 aliphatic heterocycles. The number of nitrogens with zero attached hydrogens (tertiary/aromatic N) is 1. The van der Waals surface area contributed by atoms with E-state index >= 15 is 0 Å². The Balaban J connectivity index is 0.00000364. The van der Waals surface area contributed by atoms with Crippen LogP contribution in [0.25, 0.3) is 0 Å². The Morgan fingerprint density at radius 2 is 1.59 bits per heavy atom. The van der Waals surface area contributed by atoms with Gasteiger partial charge in [-0.3, -0.25) is 4.99 Å². The van der Waals surface area contributed by atoms with Crippen molar-refractivity contribution in [2.45, 2.75) is 19.8 Å². The summed E-state index contributed by atoms with van der Waals surface area (Å²) in [7, 11) is 5.18. The van der Waals surface area contributed by atoms with Gasteiger partial charge in [-0.15, -0.1) is 24.0 Å². The number of aryl methyl sites for hydroxylation is 1. The predicted octanol–water partition coefficient (Wildman–Crippen LogP) is 3.58. The number of halogens is 1. The van der Waals surface area contributed by atoms with Gasteiger partial charge in [0.1, 0.15) is 11.5 Å². The van der Waals surface area contributed by atoms with Crippen molar-refractivity contribution in [3.05, 3.63) is 59.2 Å². The third-order valence-electron chi connectivity index (χ3n) is 4.24. The van der Waals surface area contributed by atoms with E-state index in [9.17, 15) is 0 Å². The SMILES string of the molecule is CN=C(NCCc1cccc(OC)c1)NCCc1ccc(C)c(OC)c1.I. The molecule has 0 aliphatic rings. The molecule has 148 valence electrons. The summed E-state index contributed by atoms with van der Waals surface area (Å²) < 4.78 is 10.6. The highest BCUT2D eigenvalue weighted by Gasteiger charge is 2.02. The molecule has 2 aromatic rings. The highest BCUT2D eigenvalue weighted by molar-refractivity contribution is 14.0. The molecule has 0 unspecified atom stereocenters. The lowest BCUT2D eigenvalue weighted by atomic mass is 10.1. The molecular weight excluding hydrogens is 453 g/mol. The van der Waals surface area contributed by atoms with Crippen LogP contribution in [0.3, 0.4) is 0 Å². The fourth-order valence-electron chi connectivity index (χ4n) is 2.72. The molecule has 2 N–H and O–H groups in total. The Bertz CT molecular complexity index is 735. The summed E-state index contributed by atoms with van der Waals surface area (Å²) in [4.78, 5) is 4.28. The van der Waals surface area contributed by atoms with E-state index in [1.807, 2.05) is 12.1 Å². The van der Waals surface area contributed by atoms with Gasteiger partial charge in [-0.2, -0.15) is 0 Å². The summed E-state index contributed by atoms with van der Waals surface area (Å²) in [6, 6.07) is 14.5. The van der Waals surface area contributed by atoms with Crippen molar-refractivity contribution in [2.75, 3.05) is 34.4 Å². The molecule has 0 fully saturated rings. The quantitative estimate of drug-likeness (QED) is 0.343. The Kier molecular flexibility index (Phi) is 10.6. The maximum absolute atomic E-state index is 5.38. The van der Waals surface area contributed by atoms with Gasteiger partial charge in [0.25, 0.3) is 0 Å². The normalized spacial score (nSPS) is 10.7. The van der Waals surface area contributed by atoms with Crippen LogP contribution >= 0.6 is 24.0 Å². The van der Waals surface area contributed by atoms with Crippen molar-refractivity contribution in [1.29, 1.82) is 0 Å². The number of hydrogen-bond donors (Lipinski definition) is 2. The van der Waals surface area contributed by atoms with Crippen LogP contribution in [-0.2, 0) is 12.8 Å². The van der Waals surface area contributed by atoms with Crippen LogP contribution in [0.15, 0.2) is 47.5 Å². The molecule has 0 saturated carbocycles. The number of methoxy groups -OCH3 is 2. The Morgan fingerprint density at radius 1 is 0.926 bits per heavy atom. The third-order valence-corrected chi connectivity index (χ3v) is 4.24. The number of ether oxygens (including phenoxy) is 2. The summed E-state index contributed by atoms with van der Waals surface area (Å²) >= 11 is 0. The first-order valence-electron chi connectivity index (χ1n) is 8.87. The van der Waals surface area contributed by atoms with Crippen molar-refractivity contribution >= 4 is 29.9 Å². The van der Waals surface area contributed by atoms with Crippen molar-refractivity contribution in [3.8, 4) is 11.5 Å². The predicted molar refractivity (Wildman–Crippen MR) is 123 cm³/mol. The van der Waals surface area contributed by atoms with Crippen molar-refractivity contribution in [3.63, 3.8) is 0 Å². The van der Waals surface area contributed by atoms with E-state index in [1.54, 1.807) is 21.3 Å². The van der Waals surface area contributed by atoms with E-state index in [1.165, 1.54) is 11.1 Å². The molecule has 6 heteroatoms. The minimum absolute atomic E-state index is 0. The average molecular weight is 483 g/mol. The first-order valence-corrected chi connectivity index (χ1v) is 8.87. The van der Waals surface area contributed by atoms with Crippen LogP contribution in [0.1, 0.15) is 16.7 Å². The molecule has 0 bridgehead atoms. The summed E-state index contributed by atoms with van der Waals surface area (Å²) in [6.07, 6.45) is 1.82. The zero-order chi connectivity index (χ0) is 18.8. The van der Waals surface area contributed by atoms with Crippen LogP contribution in [-0.4, -0.2) is 40.3 Å². The van der Waals surface area contributed by atoms with Gasteiger partial charge in [-0.05, 0) is 54.7 Å². The summed E-state index contributed by atoms with van der Waals surface area (Å²) in [6.45, 7) is 3.67. The van der Waals surface area contributed by atoms with Gasteiger partial charge < -0.3 is 20.1 Å². The van der Waals surface area contributed by atoms with Crippen molar-refractivity contribution in [1.82, 2.24) is 10.6 Å². The first-order chi connectivity index (χ1) is 12.7. The van der Waals surface area contributed by atoms with E-state index in [4.69, 9.17) is 9.47 Å². The fraction of sp³-hybridized carbons (Fsp3) is 0.381. The number of aliphatic imine (C=N–C) groups is 1. The van der Waals surface area contributed by atoms with E-state index < -0.39 is 0 Å².